The van der Waals surface area contributed by atoms with Crippen molar-refractivity contribution in [3.63, 3.8) is 0 Å². The predicted octanol–water partition coefficient (Wildman–Crippen LogP) is 2.55. The summed E-state index contributed by atoms with van der Waals surface area (Å²) in [4.78, 5) is 15.0. The van der Waals surface area contributed by atoms with Crippen LogP contribution in [0.2, 0.25) is 0 Å². The van der Waals surface area contributed by atoms with Gasteiger partial charge >= 0.3 is 6.18 Å². The van der Waals surface area contributed by atoms with Gasteiger partial charge in [0.1, 0.15) is 5.69 Å². The van der Waals surface area contributed by atoms with Gasteiger partial charge in [0.05, 0.1) is 11.3 Å². The SMILES string of the molecule is Cc1nc(C(F)(F)F)ccc1C(=O)NC(C)C. The van der Waals surface area contributed by atoms with Crippen LogP contribution in [0.15, 0.2) is 12.1 Å². The van der Waals surface area contributed by atoms with Gasteiger partial charge in [-0.2, -0.15) is 13.2 Å². The molecule has 1 rings (SSSR count). The zero-order chi connectivity index (χ0) is 13.2. The summed E-state index contributed by atoms with van der Waals surface area (Å²) in [6.07, 6.45) is -4.49. The van der Waals surface area contributed by atoms with Crippen molar-refractivity contribution < 1.29 is 18.0 Å². The third kappa shape index (κ3) is 3.44. The Kier molecular flexibility index (Phi) is 3.75. The Morgan fingerprint density at radius 3 is 2.35 bits per heavy atom. The number of hydrogen-bond acceptors (Lipinski definition) is 2. The van der Waals surface area contributed by atoms with Gasteiger partial charge in [0.25, 0.3) is 5.91 Å². The molecule has 0 saturated carbocycles. The summed E-state index contributed by atoms with van der Waals surface area (Å²) in [5.74, 6) is -0.418. The zero-order valence-electron chi connectivity index (χ0n) is 9.72. The minimum atomic E-state index is -4.49. The number of aromatic nitrogens is 1. The lowest BCUT2D eigenvalue weighted by molar-refractivity contribution is -0.141. The third-order valence-electron chi connectivity index (χ3n) is 2.04. The van der Waals surface area contributed by atoms with Gasteiger partial charge in [-0.1, -0.05) is 0 Å². The fourth-order valence-corrected chi connectivity index (χ4v) is 1.30. The summed E-state index contributed by atoms with van der Waals surface area (Å²) in [6.45, 7) is 4.92. The van der Waals surface area contributed by atoms with E-state index >= 15 is 0 Å². The Bertz CT molecular complexity index is 427. The van der Waals surface area contributed by atoms with Crippen LogP contribution < -0.4 is 5.32 Å². The minimum absolute atomic E-state index is 0.0676. The number of amides is 1. The molecule has 0 fully saturated rings. The molecule has 0 bridgehead atoms. The molecule has 17 heavy (non-hydrogen) atoms. The van der Waals surface area contributed by atoms with E-state index in [-0.39, 0.29) is 17.3 Å². The average Bonchev–Trinajstić information content (AvgIpc) is 2.14. The van der Waals surface area contributed by atoms with Crippen molar-refractivity contribution >= 4 is 5.91 Å². The third-order valence-corrected chi connectivity index (χ3v) is 2.04. The van der Waals surface area contributed by atoms with E-state index in [4.69, 9.17) is 0 Å². The first-order chi connectivity index (χ1) is 7.71. The number of carbonyl (C=O) groups is 1. The fourth-order valence-electron chi connectivity index (χ4n) is 1.30. The lowest BCUT2D eigenvalue weighted by atomic mass is 10.1. The summed E-state index contributed by atoms with van der Waals surface area (Å²) < 4.78 is 37.0. The molecule has 3 nitrogen and oxygen atoms in total. The van der Waals surface area contributed by atoms with Crippen molar-refractivity contribution in [3.8, 4) is 0 Å². The first-order valence-corrected chi connectivity index (χ1v) is 5.07. The Balaban J connectivity index is 3.02. The topological polar surface area (TPSA) is 42.0 Å². The van der Waals surface area contributed by atoms with Gasteiger partial charge in [-0.25, -0.2) is 4.98 Å². The molecule has 0 aliphatic carbocycles. The molecule has 0 saturated heterocycles. The van der Waals surface area contributed by atoms with E-state index in [0.29, 0.717) is 0 Å². The quantitative estimate of drug-likeness (QED) is 0.871. The summed E-state index contributed by atoms with van der Waals surface area (Å²) >= 11 is 0. The van der Waals surface area contributed by atoms with Crippen LogP contribution in [0.5, 0.6) is 0 Å². The number of alkyl halides is 3. The number of hydrogen-bond donors (Lipinski definition) is 1. The van der Waals surface area contributed by atoms with Gasteiger partial charge in [0, 0.05) is 6.04 Å². The summed E-state index contributed by atoms with van der Waals surface area (Å²) in [7, 11) is 0. The molecule has 0 spiro atoms. The molecule has 0 aromatic carbocycles. The van der Waals surface area contributed by atoms with Crippen molar-refractivity contribution in [1.29, 1.82) is 0 Å². The van der Waals surface area contributed by atoms with Crippen LogP contribution in [0.1, 0.15) is 35.6 Å². The van der Waals surface area contributed by atoms with Crippen LogP contribution in [-0.4, -0.2) is 16.9 Å². The van der Waals surface area contributed by atoms with Crippen LogP contribution in [0, 0.1) is 6.92 Å². The standard InChI is InChI=1S/C11H13F3N2O/c1-6(2)15-10(17)8-4-5-9(11(12,13)14)16-7(8)3/h4-6H,1-3H3,(H,15,17). The summed E-state index contributed by atoms with van der Waals surface area (Å²) in [6, 6.07) is 1.87. The molecule has 94 valence electrons. The van der Waals surface area contributed by atoms with E-state index in [1.807, 2.05) is 0 Å². The van der Waals surface area contributed by atoms with Crippen LogP contribution in [-0.2, 0) is 6.18 Å². The highest BCUT2D eigenvalue weighted by molar-refractivity contribution is 5.95. The van der Waals surface area contributed by atoms with E-state index < -0.39 is 17.8 Å². The van der Waals surface area contributed by atoms with Crippen LogP contribution in [0.4, 0.5) is 13.2 Å². The van der Waals surface area contributed by atoms with Gasteiger partial charge in [-0.3, -0.25) is 4.79 Å². The fraction of sp³-hybridized carbons (Fsp3) is 0.455. The first-order valence-electron chi connectivity index (χ1n) is 5.07. The van der Waals surface area contributed by atoms with E-state index in [9.17, 15) is 18.0 Å². The van der Waals surface area contributed by atoms with Crippen LogP contribution in [0.3, 0.4) is 0 Å². The lowest BCUT2D eigenvalue weighted by Crippen LogP contribution is -2.31. The second kappa shape index (κ2) is 4.73. The second-order valence-electron chi connectivity index (χ2n) is 3.96. The maximum Gasteiger partial charge on any atom is 0.433 e. The van der Waals surface area contributed by atoms with Gasteiger partial charge < -0.3 is 5.32 Å². The molecule has 1 amide bonds. The highest BCUT2D eigenvalue weighted by Crippen LogP contribution is 2.28. The first kappa shape index (κ1) is 13.5. The van der Waals surface area contributed by atoms with Crippen molar-refractivity contribution in [2.24, 2.45) is 0 Å². The monoisotopic (exact) mass is 246 g/mol. The Hall–Kier alpha value is -1.59. The molecule has 0 atom stereocenters. The van der Waals surface area contributed by atoms with Gasteiger partial charge in [-0.05, 0) is 32.9 Å². The number of pyridine rings is 1. The number of nitrogens with zero attached hydrogens (tertiary/aromatic N) is 1. The molecule has 0 aliphatic rings. The average molecular weight is 246 g/mol. The van der Waals surface area contributed by atoms with Crippen molar-refractivity contribution in [1.82, 2.24) is 10.3 Å². The Morgan fingerprint density at radius 2 is 1.94 bits per heavy atom. The highest BCUT2D eigenvalue weighted by Gasteiger charge is 2.33. The number of rotatable bonds is 2. The van der Waals surface area contributed by atoms with E-state index in [0.717, 1.165) is 12.1 Å². The van der Waals surface area contributed by atoms with Crippen molar-refractivity contribution in [3.05, 3.63) is 29.1 Å². The molecule has 1 aromatic rings. The minimum Gasteiger partial charge on any atom is -0.350 e. The van der Waals surface area contributed by atoms with E-state index in [1.165, 1.54) is 6.92 Å². The predicted molar refractivity (Wildman–Crippen MR) is 56.6 cm³/mol. The molecule has 1 aromatic heterocycles. The van der Waals surface area contributed by atoms with Crippen LogP contribution in [0.25, 0.3) is 0 Å². The number of carbonyl (C=O) groups excluding carboxylic acids is 1. The second-order valence-corrected chi connectivity index (χ2v) is 3.96. The number of halogens is 3. The lowest BCUT2D eigenvalue weighted by Gasteiger charge is -2.12. The van der Waals surface area contributed by atoms with Crippen LogP contribution >= 0.6 is 0 Å². The molecular formula is C11H13F3N2O. The van der Waals surface area contributed by atoms with Gasteiger partial charge in [0.2, 0.25) is 0 Å². The molecular weight excluding hydrogens is 233 g/mol. The molecule has 0 radical (unpaired) electrons. The maximum absolute atomic E-state index is 12.3. The van der Waals surface area contributed by atoms with Gasteiger partial charge in [-0.15, -0.1) is 0 Å². The molecule has 0 aliphatic heterocycles. The Morgan fingerprint density at radius 1 is 1.35 bits per heavy atom. The maximum atomic E-state index is 12.3. The zero-order valence-corrected chi connectivity index (χ0v) is 9.72. The largest absolute Gasteiger partial charge is 0.433 e. The van der Waals surface area contributed by atoms with Crippen molar-refractivity contribution in [2.45, 2.75) is 33.0 Å². The van der Waals surface area contributed by atoms with Gasteiger partial charge in [0.15, 0.2) is 0 Å². The molecule has 1 N–H and O–H groups in total. The normalized spacial score (nSPS) is 11.7. The van der Waals surface area contributed by atoms with E-state index in [1.54, 1.807) is 13.8 Å². The molecule has 6 heteroatoms. The van der Waals surface area contributed by atoms with E-state index in [2.05, 4.69) is 10.3 Å². The Labute approximate surface area is 97.0 Å². The number of aryl methyl sites for hydroxylation is 1. The molecule has 0 unspecified atom stereocenters. The molecule has 1 heterocycles. The highest BCUT2D eigenvalue weighted by atomic mass is 19.4. The summed E-state index contributed by atoms with van der Waals surface area (Å²) in [5, 5.41) is 2.60. The summed E-state index contributed by atoms with van der Waals surface area (Å²) in [5.41, 5.74) is -0.763. The smallest absolute Gasteiger partial charge is 0.350 e. The van der Waals surface area contributed by atoms with Crippen molar-refractivity contribution in [2.75, 3.05) is 0 Å². The number of nitrogens with one attached hydrogen (secondary N) is 1.